The number of likely N-dealkylation sites (N-methyl/N-ethyl adjacent to an activating group) is 1. The van der Waals surface area contributed by atoms with Crippen molar-refractivity contribution in [3.63, 3.8) is 0 Å². The van der Waals surface area contributed by atoms with Crippen molar-refractivity contribution in [3.05, 3.63) is 71.8 Å². The van der Waals surface area contributed by atoms with Gasteiger partial charge < -0.3 is 20.9 Å². The SMILES string of the molecule is CC(C)C[C@H](NC(=S)N[C@@H]1CCCC[C@H]1NCc1ccccc1)C(=O)N(C)Cc1ccccc1. The summed E-state index contributed by atoms with van der Waals surface area (Å²) in [5.74, 6) is 0.452. The Kier molecular flexibility index (Phi) is 10.4. The summed E-state index contributed by atoms with van der Waals surface area (Å²) < 4.78 is 0. The van der Waals surface area contributed by atoms with Crippen LogP contribution in [0, 0.1) is 5.92 Å². The number of hydrogen-bond acceptors (Lipinski definition) is 3. The van der Waals surface area contributed by atoms with Crippen LogP contribution in [-0.4, -0.2) is 41.1 Å². The van der Waals surface area contributed by atoms with Gasteiger partial charge in [0.1, 0.15) is 6.04 Å². The summed E-state index contributed by atoms with van der Waals surface area (Å²) >= 11 is 5.71. The van der Waals surface area contributed by atoms with Crippen LogP contribution in [-0.2, 0) is 17.9 Å². The summed E-state index contributed by atoms with van der Waals surface area (Å²) in [4.78, 5) is 15.1. The van der Waals surface area contributed by atoms with Crippen LogP contribution in [0.5, 0.6) is 0 Å². The molecular weight excluding hydrogens is 440 g/mol. The van der Waals surface area contributed by atoms with E-state index in [0.717, 1.165) is 31.4 Å². The van der Waals surface area contributed by atoms with E-state index in [9.17, 15) is 4.79 Å². The van der Waals surface area contributed by atoms with Gasteiger partial charge in [-0.25, -0.2) is 0 Å². The lowest BCUT2D eigenvalue weighted by Crippen LogP contribution is -2.57. The Morgan fingerprint density at radius 1 is 0.971 bits per heavy atom. The number of carbonyl (C=O) groups excluding carboxylic acids is 1. The molecule has 0 unspecified atom stereocenters. The van der Waals surface area contributed by atoms with Crippen LogP contribution < -0.4 is 16.0 Å². The van der Waals surface area contributed by atoms with Crippen molar-refractivity contribution in [2.45, 2.75) is 77.2 Å². The molecule has 3 N–H and O–H groups in total. The van der Waals surface area contributed by atoms with E-state index >= 15 is 0 Å². The zero-order valence-corrected chi connectivity index (χ0v) is 21.6. The Hall–Kier alpha value is -2.44. The molecule has 6 heteroatoms. The van der Waals surface area contributed by atoms with Crippen molar-refractivity contribution in [1.29, 1.82) is 0 Å². The largest absolute Gasteiger partial charge is 0.358 e. The van der Waals surface area contributed by atoms with Gasteiger partial charge in [-0.3, -0.25) is 4.79 Å². The van der Waals surface area contributed by atoms with Crippen LogP contribution in [0.4, 0.5) is 0 Å². The number of rotatable bonds is 10. The van der Waals surface area contributed by atoms with E-state index in [0.29, 0.717) is 23.6 Å². The average molecular weight is 481 g/mol. The first-order valence-electron chi connectivity index (χ1n) is 12.6. The molecular formula is C28H40N4OS. The maximum Gasteiger partial charge on any atom is 0.245 e. The summed E-state index contributed by atoms with van der Waals surface area (Å²) in [6, 6.07) is 20.9. The highest BCUT2D eigenvalue weighted by atomic mass is 32.1. The van der Waals surface area contributed by atoms with Gasteiger partial charge >= 0.3 is 0 Å². The first kappa shape index (κ1) is 26.2. The van der Waals surface area contributed by atoms with Gasteiger partial charge in [0.25, 0.3) is 0 Å². The molecule has 2 aromatic carbocycles. The number of amides is 1. The third-order valence-corrected chi connectivity index (χ3v) is 6.68. The standard InChI is InChI=1S/C28H40N4OS/c1-21(2)18-26(27(33)32(3)20-23-14-8-5-9-15-23)31-28(34)30-25-17-11-10-16-24(25)29-19-22-12-6-4-7-13-22/h4-9,12-15,21,24-26,29H,10-11,16-20H2,1-3H3,(H2,30,31,34)/t24-,25-,26+/m1/s1. The number of thiocarbonyl (C=S) groups is 1. The fraction of sp³-hybridized carbons (Fsp3) is 0.500. The molecule has 0 aromatic heterocycles. The van der Waals surface area contributed by atoms with E-state index < -0.39 is 0 Å². The van der Waals surface area contributed by atoms with E-state index in [1.807, 2.05) is 43.4 Å². The number of nitrogens with zero attached hydrogens (tertiary/aromatic N) is 1. The molecule has 34 heavy (non-hydrogen) atoms. The third-order valence-electron chi connectivity index (χ3n) is 6.44. The van der Waals surface area contributed by atoms with E-state index in [1.54, 1.807) is 4.90 Å². The van der Waals surface area contributed by atoms with Gasteiger partial charge in [-0.15, -0.1) is 0 Å². The summed E-state index contributed by atoms with van der Waals surface area (Å²) in [7, 11) is 1.87. The molecule has 0 saturated heterocycles. The van der Waals surface area contributed by atoms with Crippen molar-refractivity contribution in [2.24, 2.45) is 5.92 Å². The fourth-order valence-corrected chi connectivity index (χ4v) is 4.95. The third kappa shape index (κ3) is 8.41. The Morgan fingerprint density at radius 2 is 1.56 bits per heavy atom. The topological polar surface area (TPSA) is 56.4 Å². The molecule has 184 valence electrons. The number of benzene rings is 2. The summed E-state index contributed by atoms with van der Waals surface area (Å²) in [5, 5.41) is 11.2. The Labute approximate surface area is 210 Å². The Bertz CT molecular complexity index is 890. The van der Waals surface area contributed by atoms with E-state index in [-0.39, 0.29) is 18.0 Å². The lowest BCUT2D eigenvalue weighted by molar-refractivity contribution is -0.132. The molecule has 1 aliphatic carbocycles. The molecule has 3 atom stereocenters. The van der Waals surface area contributed by atoms with Crippen LogP contribution in [0.15, 0.2) is 60.7 Å². The van der Waals surface area contributed by atoms with Crippen LogP contribution >= 0.6 is 12.2 Å². The first-order valence-corrected chi connectivity index (χ1v) is 13.0. The smallest absolute Gasteiger partial charge is 0.245 e. The van der Waals surface area contributed by atoms with Gasteiger partial charge in [0.05, 0.1) is 0 Å². The van der Waals surface area contributed by atoms with Crippen LogP contribution in [0.2, 0.25) is 0 Å². The molecule has 5 nitrogen and oxygen atoms in total. The predicted octanol–water partition coefficient (Wildman–Crippen LogP) is 4.62. The lowest BCUT2D eigenvalue weighted by atomic mass is 9.90. The second kappa shape index (κ2) is 13.4. The highest BCUT2D eigenvalue weighted by Gasteiger charge is 2.28. The minimum absolute atomic E-state index is 0.0732. The maximum atomic E-state index is 13.3. The van der Waals surface area contributed by atoms with Crippen molar-refractivity contribution < 1.29 is 4.79 Å². The minimum atomic E-state index is -0.340. The number of hydrogen-bond donors (Lipinski definition) is 3. The Balaban J connectivity index is 1.57. The van der Waals surface area contributed by atoms with E-state index in [1.165, 1.54) is 18.4 Å². The predicted molar refractivity (Wildman–Crippen MR) is 144 cm³/mol. The molecule has 0 heterocycles. The van der Waals surface area contributed by atoms with Gasteiger partial charge in [0, 0.05) is 32.2 Å². The van der Waals surface area contributed by atoms with Gasteiger partial charge in [-0.2, -0.15) is 0 Å². The van der Waals surface area contributed by atoms with Crippen LogP contribution in [0.25, 0.3) is 0 Å². The maximum absolute atomic E-state index is 13.3. The van der Waals surface area contributed by atoms with Gasteiger partial charge in [0.2, 0.25) is 5.91 Å². The molecule has 0 spiro atoms. The quantitative estimate of drug-likeness (QED) is 0.433. The molecule has 0 bridgehead atoms. The first-order chi connectivity index (χ1) is 16.4. The summed E-state index contributed by atoms with van der Waals surface area (Å²) in [5.41, 5.74) is 2.41. The van der Waals surface area contributed by atoms with E-state index in [4.69, 9.17) is 12.2 Å². The van der Waals surface area contributed by atoms with Crippen molar-refractivity contribution in [1.82, 2.24) is 20.9 Å². The van der Waals surface area contributed by atoms with Crippen LogP contribution in [0.1, 0.15) is 57.1 Å². The molecule has 2 aromatic rings. The summed E-state index contributed by atoms with van der Waals surface area (Å²) in [6.07, 6.45) is 5.36. The van der Waals surface area contributed by atoms with Gasteiger partial charge in [0.15, 0.2) is 5.11 Å². The molecule has 0 aliphatic heterocycles. The second-order valence-corrected chi connectivity index (χ2v) is 10.3. The molecule has 1 amide bonds. The zero-order valence-electron chi connectivity index (χ0n) is 20.8. The zero-order chi connectivity index (χ0) is 24.3. The van der Waals surface area contributed by atoms with Gasteiger partial charge in [-0.05, 0) is 48.5 Å². The monoisotopic (exact) mass is 480 g/mol. The highest BCUT2D eigenvalue weighted by Crippen LogP contribution is 2.19. The van der Waals surface area contributed by atoms with Gasteiger partial charge in [-0.1, -0.05) is 87.4 Å². The van der Waals surface area contributed by atoms with Crippen molar-refractivity contribution in [3.8, 4) is 0 Å². The Morgan fingerprint density at radius 3 is 2.18 bits per heavy atom. The lowest BCUT2D eigenvalue weighted by Gasteiger charge is -2.35. The molecule has 1 aliphatic rings. The van der Waals surface area contributed by atoms with Crippen molar-refractivity contribution in [2.75, 3.05) is 7.05 Å². The highest BCUT2D eigenvalue weighted by molar-refractivity contribution is 7.80. The summed E-state index contributed by atoms with van der Waals surface area (Å²) in [6.45, 7) is 5.72. The average Bonchev–Trinajstić information content (AvgIpc) is 2.83. The molecule has 0 radical (unpaired) electrons. The molecule has 1 fully saturated rings. The van der Waals surface area contributed by atoms with Crippen molar-refractivity contribution >= 4 is 23.2 Å². The fourth-order valence-electron chi connectivity index (χ4n) is 4.66. The minimum Gasteiger partial charge on any atom is -0.358 e. The molecule has 3 rings (SSSR count). The number of carbonyl (C=O) groups is 1. The normalized spacial score (nSPS) is 18.8. The van der Waals surface area contributed by atoms with E-state index in [2.05, 4.69) is 54.1 Å². The second-order valence-electron chi connectivity index (χ2n) is 9.84. The van der Waals surface area contributed by atoms with Crippen LogP contribution in [0.3, 0.4) is 0 Å². The number of nitrogens with one attached hydrogen (secondary N) is 3. The molecule has 1 saturated carbocycles.